The van der Waals surface area contributed by atoms with Gasteiger partial charge in [-0.05, 0) is 39.0 Å². The average molecular weight is 208 g/mol. The molecule has 1 heteroatoms. The second kappa shape index (κ2) is 4.98. The van der Waals surface area contributed by atoms with Gasteiger partial charge in [-0.1, -0.05) is 37.1 Å². The molecule has 0 unspecified atom stereocenters. The Hall–Kier alpha value is -0.560. The summed E-state index contributed by atoms with van der Waals surface area (Å²) in [5.74, 6) is 0. The second-order valence-electron chi connectivity index (χ2n) is 5.71. The molecule has 0 aromatic carbocycles. The van der Waals surface area contributed by atoms with Crippen molar-refractivity contribution in [2.45, 2.75) is 53.6 Å². The van der Waals surface area contributed by atoms with E-state index >= 15 is 0 Å². The van der Waals surface area contributed by atoms with Gasteiger partial charge in [0.1, 0.15) is 0 Å². The SMILES string of the molecule is CC(C)=CCO[C@H]1C=C(C)CC(C)(C)C1. The van der Waals surface area contributed by atoms with E-state index in [4.69, 9.17) is 4.74 Å². The van der Waals surface area contributed by atoms with Gasteiger partial charge >= 0.3 is 0 Å². The first-order chi connectivity index (χ1) is 6.89. The maximum Gasteiger partial charge on any atom is 0.0767 e. The Bertz CT molecular complexity index is 267. The monoisotopic (exact) mass is 208 g/mol. The molecule has 0 fully saturated rings. The van der Waals surface area contributed by atoms with E-state index in [9.17, 15) is 0 Å². The molecule has 1 nitrogen and oxygen atoms in total. The summed E-state index contributed by atoms with van der Waals surface area (Å²) in [6, 6.07) is 0. The zero-order chi connectivity index (χ0) is 11.5. The highest BCUT2D eigenvalue weighted by Crippen LogP contribution is 2.36. The third kappa shape index (κ3) is 4.65. The molecule has 0 bridgehead atoms. The summed E-state index contributed by atoms with van der Waals surface area (Å²) in [4.78, 5) is 0. The Balaban J connectivity index is 2.49. The molecule has 0 saturated carbocycles. The van der Waals surface area contributed by atoms with E-state index in [-0.39, 0.29) is 0 Å². The molecule has 0 amide bonds. The molecule has 0 aromatic rings. The molecule has 1 aliphatic rings. The van der Waals surface area contributed by atoms with Gasteiger partial charge in [0, 0.05) is 0 Å². The van der Waals surface area contributed by atoms with E-state index in [1.807, 2.05) is 0 Å². The van der Waals surface area contributed by atoms with Crippen LogP contribution in [-0.4, -0.2) is 12.7 Å². The van der Waals surface area contributed by atoms with Gasteiger partial charge in [0.15, 0.2) is 0 Å². The molecule has 0 spiro atoms. The second-order valence-corrected chi connectivity index (χ2v) is 5.71. The van der Waals surface area contributed by atoms with Crippen molar-refractivity contribution < 1.29 is 4.74 Å². The fourth-order valence-corrected chi connectivity index (χ4v) is 2.25. The van der Waals surface area contributed by atoms with Crippen LogP contribution in [0.4, 0.5) is 0 Å². The first kappa shape index (κ1) is 12.5. The minimum absolute atomic E-state index is 0.310. The minimum atomic E-state index is 0.310. The van der Waals surface area contributed by atoms with Crippen LogP contribution in [0.25, 0.3) is 0 Å². The van der Waals surface area contributed by atoms with Gasteiger partial charge in [-0.2, -0.15) is 0 Å². The van der Waals surface area contributed by atoms with Crippen LogP contribution < -0.4 is 0 Å². The van der Waals surface area contributed by atoms with Gasteiger partial charge in [-0.25, -0.2) is 0 Å². The molecule has 1 atom stereocenters. The van der Waals surface area contributed by atoms with E-state index in [1.165, 1.54) is 17.6 Å². The van der Waals surface area contributed by atoms with E-state index in [0.29, 0.717) is 11.5 Å². The van der Waals surface area contributed by atoms with Crippen molar-refractivity contribution in [3.63, 3.8) is 0 Å². The molecule has 0 radical (unpaired) electrons. The number of ether oxygens (including phenoxy) is 1. The summed E-state index contributed by atoms with van der Waals surface area (Å²) in [6.45, 7) is 11.8. The van der Waals surface area contributed by atoms with Crippen molar-refractivity contribution in [3.05, 3.63) is 23.3 Å². The summed E-state index contributed by atoms with van der Waals surface area (Å²) in [7, 11) is 0. The highest BCUT2D eigenvalue weighted by atomic mass is 16.5. The van der Waals surface area contributed by atoms with Crippen LogP contribution in [0.2, 0.25) is 0 Å². The third-order valence-corrected chi connectivity index (χ3v) is 2.78. The Morgan fingerprint density at radius 3 is 2.73 bits per heavy atom. The fraction of sp³-hybridized carbons (Fsp3) is 0.714. The van der Waals surface area contributed by atoms with Gasteiger partial charge in [0.2, 0.25) is 0 Å². The first-order valence-electron chi connectivity index (χ1n) is 5.81. The van der Waals surface area contributed by atoms with Gasteiger partial charge in [-0.3, -0.25) is 0 Å². The molecule has 0 heterocycles. The predicted octanol–water partition coefficient (Wildman–Crippen LogP) is 4.10. The lowest BCUT2D eigenvalue weighted by molar-refractivity contribution is 0.0632. The van der Waals surface area contributed by atoms with Gasteiger partial charge in [0.25, 0.3) is 0 Å². The fourth-order valence-electron chi connectivity index (χ4n) is 2.25. The van der Waals surface area contributed by atoms with Gasteiger partial charge < -0.3 is 4.74 Å². The molecular formula is C14H24O. The lowest BCUT2D eigenvalue weighted by Gasteiger charge is -2.33. The zero-order valence-corrected chi connectivity index (χ0v) is 10.8. The smallest absolute Gasteiger partial charge is 0.0767 e. The third-order valence-electron chi connectivity index (χ3n) is 2.78. The summed E-state index contributed by atoms with van der Waals surface area (Å²) >= 11 is 0. The Kier molecular flexibility index (Phi) is 4.15. The maximum atomic E-state index is 5.85. The highest BCUT2D eigenvalue weighted by molar-refractivity contribution is 5.10. The van der Waals surface area contributed by atoms with E-state index in [0.717, 1.165) is 13.0 Å². The Morgan fingerprint density at radius 2 is 2.20 bits per heavy atom. The van der Waals surface area contributed by atoms with Crippen LogP contribution in [0, 0.1) is 5.41 Å². The van der Waals surface area contributed by atoms with Crippen molar-refractivity contribution in [1.82, 2.24) is 0 Å². The molecule has 1 aliphatic carbocycles. The summed E-state index contributed by atoms with van der Waals surface area (Å²) in [6.07, 6.45) is 7.08. The van der Waals surface area contributed by atoms with Crippen LogP contribution in [0.5, 0.6) is 0 Å². The van der Waals surface area contributed by atoms with Crippen LogP contribution in [0.3, 0.4) is 0 Å². The quantitative estimate of drug-likeness (QED) is 0.634. The van der Waals surface area contributed by atoms with Crippen molar-refractivity contribution in [2.24, 2.45) is 5.41 Å². The van der Waals surface area contributed by atoms with E-state index in [1.54, 1.807) is 0 Å². The normalized spacial score (nSPS) is 24.6. The summed E-state index contributed by atoms with van der Waals surface area (Å²) in [5, 5.41) is 0. The molecule has 0 N–H and O–H groups in total. The highest BCUT2D eigenvalue weighted by Gasteiger charge is 2.27. The van der Waals surface area contributed by atoms with Crippen LogP contribution in [0.1, 0.15) is 47.5 Å². The standard InChI is InChI=1S/C14H24O/c1-11(2)6-7-15-13-8-12(3)9-14(4,5)10-13/h6,8,13H,7,9-10H2,1-5H3/t13-/m0/s1. The van der Waals surface area contributed by atoms with Crippen LogP contribution in [-0.2, 0) is 4.74 Å². The topological polar surface area (TPSA) is 9.23 Å². The average Bonchev–Trinajstić information content (AvgIpc) is 1.98. The van der Waals surface area contributed by atoms with E-state index < -0.39 is 0 Å². The molecule has 15 heavy (non-hydrogen) atoms. The molecular weight excluding hydrogens is 184 g/mol. The zero-order valence-electron chi connectivity index (χ0n) is 10.8. The number of hydrogen-bond acceptors (Lipinski definition) is 1. The maximum absolute atomic E-state index is 5.85. The summed E-state index contributed by atoms with van der Waals surface area (Å²) < 4.78 is 5.85. The molecule has 0 aromatic heterocycles. The largest absolute Gasteiger partial charge is 0.370 e. The number of rotatable bonds is 3. The number of allylic oxidation sites excluding steroid dienone is 2. The van der Waals surface area contributed by atoms with Crippen molar-refractivity contribution >= 4 is 0 Å². The Labute approximate surface area is 94.2 Å². The van der Waals surface area contributed by atoms with Crippen LogP contribution >= 0.6 is 0 Å². The lowest BCUT2D eigenvalue weighted by Crippen LogP contribution is -2.26. The predicted molar refractivity (Wildman–Crippen MR) is 65.9 cm³/mol. The van der Waals surface area contributed by atoms with E-state index in [2.05, 4.69) is 46.8 Å². The molecule has 0 aliphatic heterocycles. The van der Waals surface area contributed by atoms with Crippen LogP contribution in [0.15, 0.2) is 23.3 Å². The lowest BCUT2D eigenvalue weighted by atomic mass is 9.76. The summed E-state index contributed by atoms with van der Waals surface area (Å²) in [5.41, 5.74) is 3.19. The number of hydrogen-bond donors (Lipinski definition) is 0. The molecule has 0 saturated heterocycles. The van der Waals surface area contributed by atoms with Crippen molar-refractivity contribution in [1.29, 1.82) is 0 Å². The van der Waals surface area contributed by atoms with Gasteiger partial charge in [0.05, 0.1) is 12.7 Å². The molecule has 86 valence electrons. The molecule has 1 rings (SSSR count). The first-order valence-corrected chi connectivity index (χ1v) is 5.81. The Morgan fingerprint density at radius 1 is 1.53 bits per heavy atom. The van der Waals surface area contributed by atoms with Crippen molar-refractivity contribution in [3.8, 4) is 0 Å². The van der Waals surface area contributed by atoms with Crippen molar-refractivity contribution in [2.75, 3.05) is 6.61 Å². The van der Waals surface area contributed by atoms with Gasteiger partial charge in [-0.15, -0.1) is 0 Å². The minimum Gasteiger partial charge on any atom is -0.370 e.